The van der Waals surface area contributed by atoms with Crippen LogP contribution < -0.4 is 10.2 Å². The first kappa shape index (κ1) is 68.2. The summed E-state index contributed by atoms with van der Waals surface area (Å²) in [5.74, 6) is 12.9. The van der Waals surface area contributed by atoms with Crippen molar-refractivity contribution in [3.05, 3.63) is 82.4 Å². The summed E-state index contributed by atoms with van der Waals surface area (Å²) < 4.78 is 0. The van der Waals surface area contributed by atoms with Gasteiger partial charge in [-0.05, 0) is 105 Å². The van der Waals surface area contributed by atoms with Gasteiger partial charge >= 0.3 is 16.5 Å². The van der Waals surface area contributed by atoms with Crippen LogP contribution in [0.25, 0.3) is 0 Å². The number of benzene rings is 3. The second-order valence-electron chi connectivity index (χ2n) is 20.9. The van der Waals surface area contributed by atoms with Gasteiger partial charge in [-0.25, -0.2) is 0 Å². The van der Waals surface area contributed by atoms with Crippen molar-refractivity contribution in [3.63, 3.8) is 0 Å². The van der Waals surface area contributed by atoms with Crippen molar-refractivity contribution in [1.29, 1.82) is 0 Å². The molecule has 0 radical (unpaired) electrons. The van der Waals surface area contributed by atoms with Crippen LogP contribution in [-0.2, 0) is 35.8 Å². The summed E-state index contributed by atoms with van der Waals surface area (Å²) in [6.07, 6.45) is 51.8. The number of nitrogens with zero attached hydrogens (tertiary/aromatic N) is 2. The molecular formula is C69H106N2NiO2. The first-order valence-electron chi connectivity index (χ1n) is 30.7. The average molecular weight is 1050 g/mol. The molecule has 0 atom stereocenters. The van der Waals surface area contributed by atoms with E-state index in [1.54, 1.807) is 0 Å². The number of hydrogen-bond acceptors (Lipinski definition) is 4. The fraction of sp³-hybridized carbons (Fsp3) is 0.652. The average Bonchev–Trinajstić information content (AvgIpc) is 3.41. The van der Waals surface area contributed by atoms with Crippen molar-refractivity contribution in [2.24, 2.45) is 9.98 Å². The van der Waals surface area contributed by atoms with Crippen LogP contribution in [-0.4, -0.2) is 11.9 Å². The van der Waals surface area contributed by atoms with Crippen LogP contribution in [0.2, 0.25) is 0 Å². The fourth-order valence-electron chi connectivity index (χ4n) is 9.45. The van der Waals surface area contributed by atoms with Gasteiger partial charge in [0.2, 0.25) is 0 Å². The van der Waals surface area contributed by atoms with Gasteiger partial charge in [0.05, 0.1) is 17.1 Å². The van der Waals surface area contributed by atoms with Crippen LogP contribution in [0, 0.1) is 23.7 Å². The van der Waals surface area contributed by atoms with Crippen LogP contribution >= 0.6 is 0 Å². The standard InChI is InChI=1S/C54H84N2.C15H24O2.Ni/c1-4-7-10-12-14-16-18-20-22-24-26-28-30-32-34-36-38-50-41-45-52(46-42-50)55-49-54(40-9-6-3)56-53-47-43-51(44-48-53)39-37-35-33-31-29-27-25-23-21-19-17-15-13-11-8-5-2;1-4-7-8-9-12-10-11(5-2)14(16)15(17)13(12)6-3;/h41-49H,4-35,40H2,1-3H3;10,16-17H,4-9H2,1-3H3;/q;;+2/p-2. The Kier molecular flexibility index (Phi) is 45.0. The van der Waals surface area contributed by atoms with E-state index in [4.69, 9.17) is 9.98 Å². The van der Waals surface area contributed by atoms with Crippen molar-refractivity contribution >= 4 is 23.3 Å². The molecule has 0 bridgehead atoms. The Labute approximate surface area is 467 Å². The Morgan fingerprint density at radius 3 is 1.19 bits per heavy atom. The monoisotopic (exact) mass is 1050 g/mol. The Balaban J connectivity index is 0.00000128. The molecule has 3 rings (SSSR count). The first-order valence-corrected chi connectivity index (χ1v) is 30.7. The smallest absolute Gasteiger partial charge is 0.873 e. The van der Waals surface area contributed by atoms with Gasteiger partial charge in [0.25, 0.3) is 0 Å². The maximum atomic E-state index is 11.9. The van der Waals surface area contributed by atoms with Gasteiger partial charge in [-0.1, -0.05) is 269 Å². The molecule has 0 aliphatic heterocycles. The van der Waals surface area contributed by atoms with Crippen molar-refractivity contribution in [2.75, 3.05) is 0 Å². The van der Waals surface area contributed by atoms with E-state index in [1.165, 1.54) is 193 Å². The van der Waals surface area contributed by atoms with Gasteiger partial charge in [0.1, 0.15) is 0 Å². The molecule has 0 N–H and O–H groups in total. The van der Waals surface area contributed by atoms with E-state index < -0.39 is 0 Å². The zero-order chi connectivity index (χ0) is 52.7. The van der Waals surface area contributed by atoms with E-state index >= 15 is 0 Å². The summed E-state index contributed by atoms with van der Waals surface area (Å²) in [6, 6.07) is 18.6. The maximum Gasteiger partial charge on any atom is 2.00 e. The summed E-state index contributed by atoms with van der Waals surface area (Å²) in [6.45, 7) is 12.9. The van der Waals surface area contributed by atoms with Crippen molar-refractivity contribution in [2.45, 2.75) is 292 Å². The molecule has 0 saturated heterocycles. The van der Waals surface area contributed by atoms with Crippen molar-refractivity contribution in [3.8, 4) is 35.2 Å². The zero-order valence-electron chi connectivity index (χ0n) is 48.4. The molecule has 0 unspecified atom stereocenters. The second-order valence-corrected chi connectivity index (χ2v) is 20.9. The molecule has 3 aromatic rings. The molecule has 0 saturated carbocycles. The Bertz CT molecular complexity index is 1980. The van der Waals surface area contributed by atoms with Gasteiger partial charge < -0.3 is 10.2 Å². The van der Waals surface area contributed by atoms with Gasteiger partial charge in [0.15, 0.2) is 0 Å². The summed E-state index contributed by atoms with van der Waals surface area (Å²) in [5, 5.41) is 23.7. The van der Waals surface area contributed by atoms with Crippen LogP contribution in [0.4, 0.5) is 11.4 Å². The van der Waals surface area contributed by atoms with Gasteiger partial charge in [-0.2, -0.15) is 0 Å². The minimum Gasteiger partial charge on any atom is -0.873 e. The maximum absolute atomic E-state index is 11.9. The van der Waals surface area contributed by atoms with E-state index in [1.807, 2.05) is 26.1 Å². The molecule has 0 aliphatic rings. The molecule has 414 valence electrons. The zero-order valence-corrected chi connectivity index (χ0v) is 49.4. The van der Waals surface area contributed by atoms with E-state index in [0.717, 1.165) is 84.3 Å². The first-order chi connectivity index (χ1) is 35.9. The number of rotatable bonds is 40. The quantitative estimate of drug-likeness (QED) is 0.0246. The summed E-state index contributed by atoms with van der Waals surface area (Å²) >= 11 is 0. The Morgan fingerprint density at radius 1 is 0.419 bits per heavy atom. The van der Waals surface area contributed by atoms with Gasteiger partial charge in [-0.15, -0.1) is 11.5 Å². The van der Waals surface area contributed by atoms with E-state index in [2.05, 4.69) is 99.9 Å². The number of aryl methyl sites for hydroxylation is 2. The largest absolute Gasteiger partial charge is 2.00 e. The number of hydrogen-bond donors (Lipinski definition) is 0. The van der Waals surface area contributed by atoms with Crippen LogP contribution in [0.1, 0.15) is 301 Å². The van der Waals surface area contributed by atoms with E-state index in [0.29, 0.717) is 18.4 Å². The van der Waals surface area contributed by atoms with Crippen LogP contribution in [0.15, 0.2) is 64.6 Å². The van der Waals surface area contributed by atoms with Crippen LogP contribution in [0.3, 0.4) is 0 Å². The third-order valence-corrected chi connectivity index (χ3v) is 14.2. The molecule has 0 fully saturated rings. The molecule has 0 spiro atoms. The van der Waals surface area contributed by atoms with Crippen LogP contribution in [0.5, 0.6) is 11.5 Å². The minimum absolute atomic E-state index is 0. The van der Waals surface area contributed by atoms with Gasteiger partial charge in [0, 0.05) is 30.2 Å². The third kappa shape index (κ3) is 34.7. The predicted molar refractivity (Wildman–Crippen MR) is 319 cm³/mol. The van der Waals surface area contributed by atoms with E-state index in [9.17, 15) is 10.2 Å². The normalized spacial score (nSPS) is 11.1. The molecule has 0 aromatic heterocycles. The molecule has 74 heavy (non-hydrogen) atoms. The van der Waals surface area contributed by atoms with Crippen molar-refractivity contribution < 1.29 is 26.7 Å². The molecular weight excluding hydrogens is 947 g/mol. The SMILES string of the molecule is CCCCCCCCCCCCCCCCC#Cc1ccc(N=CC(CCCC)=Nc2ccc(C#CCCCCCCCCCCCCCCCC)cc2)cc1.CCCCCc1cc(CC)c([O-])c([O-])c1CC.[Ni+2]. The molecule has 5 heteroatoms. The molecule has 0 heterocycles. The Hall–Kier alpha value is -3.79. The molecule has 3 aromatic carbocycles. The third-order valence-electron chi connectivity index (χ3n) is 14.2. The summed E-state index contributed by atoms with van der Waals surface area (Å²) in [5.41, 5.74) is 7.57. The number of unbranched alkanes of at least 4 members (excludes halogenated alkanes) is 31. The number of aliphatic imine (C=N–C) groups is 2. The predicted octanol–water partition coefficient (Wildman–Crippen LogP) is 20.5. The summed E-state index contributed by atoms with van der Waals surface area (Å²) in [4.78, 5) is 9.73. The molecule has 0 aliphatic carbocycles. The van der Waals surface area contributed by atoms with Crippen molar-refractivity contribution in [1.82, 2.24) is 0 Å². The topological polar surface area (TPSA) is 70.8 Å². The van der Waals surface area contributed by atoms with E-state index in [-0.39, 0.29) is 28.0 Å². The summed E-state index contributed by atoms with van der Waals surface area (Å²) in [7, 11) is 0. The van der Waals surface area contributed by atoms with Gasteiger partial charge in [-0.3, -0.25) is 9.98 Å². The Morgan fingerprint density at radius 2 is 0.797 bits per heavy atom. The molecule has 0 amide bonds. The fourth-order valence-corrected chi connectivity index (χ4v) is 9.45. The molecule has 4 nitrogen and oxygen atoms in total. The minimum atomic E-state index is -0.288. The second kappa shape index (κ2) is 48.8.